The van der Waals surface area contributed by atoms with Crippen LogP contribution in [0.2, 0.25) is 0 Å². The van der Waals surface area contributed by atoms with Crippen LogP contribution in [-0.2, 0) is 13.0 Å². The van der Waals surface area contributed by atoms with Crippen molar-refractivity contribution in [3.63, 3.8) is 0 Å². The second-order valence-electron chi connectivity index (χ2n) is 6.77. The highest BCUT2D eigenvalue weighted by Gasteiger charge is 2.17. The van der Waals surface area contributed by atoms with E-state index in [1.165, 1.54) is 16.7 Å². The van der Waals surface area contributed by atoms with E-state index in [-0.39, 0.29) is 17.3 Å². The Morgan fingerprint density at radius 2 is 1.45 bits per heavy atom. The topological polar surface area (TPSA) is 104 Å². The largest absolute Gasteiger partial charge is 0.494 e. The number of amides is 2. The normalized spacial score (nSPS) is 11.4. The number of rotatable bonds is 6. The van der Waals surface area contributed by atoms with Gasteiger partial charge >= 0.3 is 0 Å². The van der Waals surface area contributed by atoms with Gasteiger partial charge in [-0.3, -0.25) is 14.2 Å². The van der Waals surface area contributed by atoms with Crippen molar-refractivity contribution in [1.29, 1.82) is 0 Å². The molecule has 0 bridgehead atoms. The van der Waals surface area contributed by atoms with Crippen molar-refractivity contribution in [1.82, 2.24) is 4.57 Å². The lowest BCUT2D eigenvalue weighted by Gasteiger charge is -2.04. The molecule has 7 heteroatoms. The molecule has 150 valence electrons. The minimum atomic E-state index is -0.703. The number of aryl methyl sites for hydroxylation is 1. The Morgan fingerprint density at radius 3 is 2.07 bits per heavy atom. The highest BCUT2D eigenvalue weighted by atomic mass is 16.3. The Morgan fingerprint density at radius 1 is 0.862 bits per heavy atom. The molecule has 0 fully saturated rings. The van der Waals surface area contributed by atoms with Gasteiger partial charge in [0.2, 0.25) is 11.8 Å². The number of nitrogens with zero attached hydrogens (tertiary/aromatic N) is 3. The van der Waals surface area contributed by atoms with Gasteiger partial charge in [0.25, 0.3) is 11.8 Å². The van der Waals surface area contributed by atoms with Gasteiger partial charge in [0, 0.05) is 28.4 Å². The van der Waals surface area contributed by atoms with Crippen LogP contribution in [0.4, 0.5) is 0 Å². The molecule has 1 heterocycles. The quantitative estimate of drug-likeness (QED) is 0.584. The number of hydrogen-bond donors (Lipinski definition) is 2. The zero-order valence-corrected chi connectivity index (χ0v) is 16.4. The molecule has 0 atom stereocenters. The molecule has 3 rings (SSSR count). The first-order valence-corrected chi connectivity index (χ1v) is 9.59. The van der Waals surface area contributed by atoms with Crippen molar-refractivity contribution in [3.05, 3.63) is 59.2 Å². The fraction of sp³-hybridized carbons (Fsp3) is 0.273. The average molecular weight is 393 g/mol. The first kappa shape index (κ1) is 20.3. The van der Waals surface area contributed by atoms with Gasteiger partial charge in [-0.2, -0.15) is 0 Å². The van der Waals surface area contributed by atoms with Crippen molar-refractivity contribution in [2.75, 3.05) is 0 Å². The molecule has 29 heavy (non-hydrogen) atoms. The van der Waals surface area contributed by atoms with Crippen molar-refractivity contribution < 1.29 is 19.8 Å². The fourth-order valence-corrected chi connectivity index (χ4v) is 3.07. The highest BCUT2D eigenvalue weighted by molar-refractivity contribution is 6.03. The number of carbonyl (C=O) groups is 2. The number of carbonyl (C=O) groups excluding carboxylic acids is 2. The summed E-state index contributed by atoms with van der Waals surface area (Å²) in [6.45, 7) is 4.50. The van der Waals surface area contributed by atoms with Gasteiger partial charge in [-0.1, -0.05) is 32.4 Å². The van der Waals surface area contributed by atoms with Crippen molar-refractivity contribution >= 4 is 22.6 Å². The molecule has 0 spiro atoms. The number of benzene rings is 2. The summed E-state index contributed by atoms with van der Waals surface area (Å²) in [5, 5.41) is 28.5. The number of aromatic hydroxyl groups is 2. The molecule has 2 N–H and O–H groups in total. The molecule has 0 saturated heterocycles. The van der Waals surface area contributed by atoms with Gasteiger partial charge in [-0.05, 0) is 48.7 Å². The second kappa shape index (κ2) is 8.68. The molecule has 0 radical (unpaired) electrons. The molecule has 0 aliphatic rings. The third-order valence-corrected chi connectivity index (χ3v) is 4.84. The number of azo groups is 1. The Kier molecular flexibility index (Phi) is 6.07. The first-order chi connectivity index (χ1) is 14.0. The van der Waals surface area contributed by atoms with Gasteiger partial charge in [0.15, 0.2) is 0 Å². The van der Waals surface area contributed by atoms with Crippen LogP contribution in [0.15, 0.2) is 52.7 Å². The van der Waals surface area contributed by atoms with E-state index in [0.29, 0.717) is 22.9 Å². The molecular formula is C22H23N3O4. The Labute approximate surface area is 168 Å². The van der Waals surface area contributed by atoms with E-state index >= 15 is 0 Å². The maximum absolute atomic E-state index is 12.3. The van der Waals surface area contributed by atoms with Crippen LogP contribution in [0, 0.1) is 0 Å². The standard InChI is InChI=1S/C22H23N3O4/c1-3-5-12-25-21(28)17-11-10-16(13-18(17)22(25)29)20(27)24-23-19(26)15-8-6-14(4-2)7-9-15/h6-11,13,28-29H,3-5,12H2,1-2H3. The van der Waals surface area contributed by atoms with E-state index in [9.17, 15) is 19.8 Å². The van der Waals surface area contributed by atoms with Crippen molar-refractivity contribution in [2.45, 2.75) is 39.7 Å². The highest BCUT2D eigenvalue weighted by Crippen LogP contribution is 2.37. The van der Waals surface area contributed by atoms with Gasteiger partial charge in [-0.15, -0.1) is 10.2 Å². The van der Waals surface area contributed by atoms with Gasteiger partial charge in [0.1, 0.15) is 0 Å². The lowest BCUT2D eigenvalue weighted by atomic mass is 10.1. The summed E-state index contributed by atoms with van der Waals surface area (Å²) in [6.07, 6.45) is 2.57. The molecule has 2 amide bonds. The summed E-state index contributed by atoms with van der Waals surface area (Å²) in [6, 6.07) is 11.4. The molecule has 0 aliphatic carbocycles. The lowest BCUT2D eigenvalue weighted by Crippen LogP contribution is -1.98. The number of aromatic nitrogens is 1. The van der Waals surface area contributed by atoms with Gasteiger partial charge < -0.3 is 10.2 Å². The lowest BCUT2D eigenvalue weighted by molar-refractivity contribution is 0.0947. The van der Waals surface area contributed by atoms with E-state index in [4.69, 9.17) is 0 Å². The zero-order valence-electron chi connectivity index (χ0n) is 16.4. The van der Waals surface area contributed by atoms with Crippen molar-refractivity contribution in [2.24, 2.45) is 10.2 Å². The molecular weight excluding hydrogens is 370 g/mol. The third-order valence-electron chi connectivity index (χ3n) is 4.84. The Hall–Kier alpha value is -3.48. The summed E-state index contributed by atoms with van der Waals surface area (Å²) in [7, 11) is 0. The smallest absolute Gasteiger partial charge is 0.295 e. The van der Waals surface area contributed by atoms with Crippen LogP contribution in [-0.4, -0.2) is 26.6 Å². The van der Waals surface area contributed by atoms with Crippen LogP contribution >= 0.6 is 0 Å². The zero-order chi connectivity index (χ0) is 21.0. The average Bonchev–Trinajstić information content (AvgIpc) is 2.99. The van der Waals surface area contributed by atoms with E-state index < -0.39 is 11.8 Å². The van der Waals surface area contributed by atoms with E-state index in [2.05, 4.69) is 10.2 Å². The molecule has 0 unspecified atom stereocenters. The van der Waals surface area contributed by atoms with E-state index in [1.807, 2.05) is 26.0 Å². The summed E-state index contributed by atoms with van der Waals surface area (Å²) in [4.78, 5) is 24.4. The van der Waals surface area contributed by atoms with Crippen LogP contribution in [0.25, 0.3) is 10.8 Å². The predicted octanol–water partition coefficient (Wildman–Crippen LogP) is 4.85. The summed E-state index contributed by atoms with van der Waals surface area (Å²) in [5.74, 6) is -1.46. The molecule has 0 saturated carbocycles. The third kappa shape index (κ3) is 4.18. The summed E-state index contributed by atoms with van der Waals surface area (Å²) in [5.41, 5.74) is 1.61. The van der Waals surface area contributed by atoms with Crippen LogP contribution in [0.1, 0.15) is 53.0 Å². The molecule has 2 aromatic carbocycles. The summed E-state index contributed by atoms with van der Waals surface area (Å²) < 4.78 is 1.41. The molecule has 1 aromatic heterocycles. The minimum absolute atomic E-state index is 0.0442. The van der Waals surface area contributed by atoms with Crippen LogP contribution in [0.3, 0.4) is 0 Å². The minimum Gasteiger partial charge on any atom is -0.494 e. The van der Waals surface area contributed by atoms with Crippen molar-refractivity contribution in [3.8, 4) is 11.8 Å². The number of fused-ring (bicyclic) bond motifs is 1. The maximum atomic E-state index is 12.3. The van der Waals surface area contributed by atoms with E-state index in [1.54, 1.807) is 18.2 Å². The van der Waals surface area contributed by atoms with Gasteiger partial charge in [-0.25, -0.2) is 0 Å². The van der Waals surface area contributed by atoms with E-state index in [0.717, 1.165) is 24.8 Å². The predicted molar refractivity (Wildman–Crippen MR) is 110 cm³/mol. The maximum Gasteiger partial charge on any atom is 0.295 e. The molecule has 0 aliphatic heterocycles. The SMILES string of the molecule is CCCCn1c(O)c2ccc(C(=O)N=NC(=O)c3ccc(CC)cc3)cc2c1O. The molecule has 7 nitrogen and oxygen atoms in total. The molecule has 3 aromatic rings. The Balaban J connectivity index is 1.82. The summed E-state index contributed by atoms with van der Waals surface area (Å²) >= 11 is 0. The fourth-order valence-electron chi connectivity index (χ4n) is 3.07. The van der Waals surface area contributed by atoms with Gasteiger partial charge in [0.05, 0.1) is 0 Å². The Bertz CT molecular complexity index is 1080. The number of hydrogen-bond acceptors (Lipinski definition) is 4. The number of unbranched alkanes of at least 4 members (excludes halogenated alkanes) is 1. The first-order valence-electron chi connectivity index (χ1n) is 9.59. The van der Waals surface area contributed by atoms with Crippen LogP contribution in [0.5, 0.6) is 11.8 Å². The van der Waals surface area contributed by atoms with Crippen LogP contribution < -0.4 is 0 Å². The monoisotopic (exact) mass is 393 g/mol. The second-order valence-corrected chi connectivity index (χ2v) is 6.77.